The second kappa shape index (κ2) is 5.00. The van der Waals surface area contributed by atoms with E-state index < -0.39 is 0 Å². The zero-order valence-electron chi connectivity index (χ0n) is 10.9. The molecule has 1 fully saturated rings. The number of aromatic amines is 1. The van der Waals surface area contributed by atoms with Crippen LogP contribution >= 0.6 is 0 Å². The molecule has 0 bridgehead atoms. The number of aromatic nitrogens is 2. The number of likely N-dealkylation sites (tertiary alicyclic amines) is 1. The van der Waals surface area contributed by atoms with Crippen molar-refractivity contribution >= 4 is 0 Å². The van der Waals surface area contributed by atoms with Gasteiger partial charge in [-0.3, -0.25) is 4.79 Å². The highest BCUT2D eigenvalue weighted by Gasteiger charge is 2.25. The number of quaternary nitrogens is 1. The molecule has 0 saturated carbocycles. The lowest BCUT2D eigenvalue weighted by Crippen LogP contribution is -3.13. The van der Waals surface area contributed by atoms with E-state index in [0.717, 1.165) is 29.9 Å². The minimum Gasteiger partial charge on any atom is -0.328 e. The quantitative estimate of drug-likeness (QED) is 0.767. The summed E-state index contributed by atoms with van der Waals surface area (Å²) in [5, 5.41) is 0. The van der Waals surface area contributed by atoms with Crippen molar-refractivity contribution in [2.24, 2.45) is 11.8 Å². The summed E-state index contributed by atoms with van der Waals surface area (Å²) >= 11 is 0. The van der Waals surface area contributed by atoms with Crippen LogP contribution in [0.5, 0.6) is 0 Å². The van der Waals surface area contributed by atoms with Gasteiger partial charge in [0.2, 0.25) is 0 Å². The van der Waals surface area contributed by atoms with E-state index in [1.54, 1.807) is 6.07 Å². The molecule has 2 heterocycles. The van der Waals surface area contributed by atoms with E-state index in [2.05, 4.69) is 23.8 Å². The predicted octanol–water partition coefficient (Wildman–Crippen LogP) is 0.139. The largest absolute Gasteiger partial charge is 0.328 e. The molecule has 0 radical (unpaired) electrons. The first kappa shape index (κ1) is 12.3. The smallest absolute Gasteiger partial charge is 0.251 e. The number of hydrogen-bond acceptors (Lipinski definition) is 2. The zero-order valence-corrected chi connectivity index (χ0v) is 10.9. The van der Waals surface area contributed by atoms with Gasteiger partial charge in [-0.15, -0.1) is 0 Å². The Morgan fingerprint density at radius 2 is 2.06 bits per heavy atom. The van der Waals surface area contributed by atoms with Crippen molar-refractivity contribution in [2.45, 2.75) is 33.7 Å². The Morgan fingerprint density at radius 1 is 1.41 bits per heavy atom. The van der Waals surface area contributed by atoms with Crippen molar-refractivity contribution in [3.63, 3.8) is 0 Å². The van der Waals surface area contributed by atoms with Gasteiger partial charge < -0.3 is 9.88 Å². The van der Waals surface area contributed by atoms with Gasteiger partial charge in [0.05, 0.1) is 13.1 Å². The fourth-order valence-corrected chi connectivity index (χ4v) is 3.03. The molecular weight excluding hydrogens is 214 g/mol. The molecule has 3 atom stereocenters. The molecule has 0 aliphatic carbocycles. The number of H-pyrrole nitrogens is 1. The molecule has 4 heteroatoms. The first-order chi connectivity index (χ1) is 8.02. The second-order valence-electron chi connectivity index (χ2n) is 5.61. The lowest BCUT2D eigenvalue weighted by Gasteiger charge is -2.31. The summed E-state index contributed by atoms with van der Waals surface area (Å²) in [7, 11) is 0. The molecule has 2 rings (SSSR count). The molecule has 1 unspecified atom stereocenters. The standard InChI is InChI=1S/C13H21N3O/c1-9-4-10(2)7-16(6-9)8-12-14-11(3)5-13(17)15-12/h5,9-10H,4,6-8H2,1-3H3,(H,14,15,17)/p+1/t9-,10+. The maximum absolute atomic E-state index is 11.4. The van der Waals surface area contributed by atoms with Gasteiger partial charge >= 0.3 is 0 Å². The number of aryl methyl sites for hydroxylation is 1. The summed E-state index contributed by atoms with van der Waals surface area (Å²) in [5.41, 5.74) is 0.770. The van der Waals surface area contributed by atoms with Crippen LogP contribution in [0.3, 0.4) is 0 Å². The lowest BCUT2D eigenvalue weighted by atomic mass is 9.92. The first-order valence-electron chi connectivity index (χ1n) is 6.43. The first-order valence-corrected chi connectivity index (χ1v) is 6.43. The molecule has 1 aromatic heterocycles. The summed E-state index contributed by atoms with van der Waals surface area (Å²) in [6, 6.07) is 1.54. The van der Waals surface area contributed by atoms with E-state index in [1.807, 2.05) is 6.92 Å². The van der Waals surface area contributed by atoms with Crippen LogP contribution in [0.2, 0.25) is 0 Å². The van der Waals surface area contributed by atoms with Gasteiger partial charge in [0, 0.05) is 23.6 Å². The monoisotopic (exact) mass is 236 g/mol. The molecule has 1 aromatic rings. The van der Waals surface area contributed by atoms with E-state index in [-0.39, 0.29) is 5.56 Å². The Hall–Kier alpha value is -1.16. The Bertz CT molecular complexity index is 431. The van der Waals surface area contributed by atoms with Gasteiger partial charge in [0.15, 0.2) is 5.82 Å². The van der Waals surface area contributed by atoms with E-state index in [1.165, 1.54) is 24.4 Å². The highest BCUT2D eigenvalue weighted by Crippen LogP contribution is 2.12. The molecule has 0 spiro atoms. The van der Waals surface area contributed by atoms with Crippen LogP contribution in [0.15, 0.2) is 10.9 Å². The number of rotatable bonds is 2. The Labute approximate surface area is 102 Å². The maximum atomic E-state index is 11.4. The molecule has 0 amide bonds. The zero-order chi connectivity index (χ0) is 12.4. The number of hydrogen-bond donors (Lipinski definition) is 2. The Morgan fingerprint density at radius 3 is 2.65 bits per heavy atom. The van der Waals surface area contributed by atoms with Crippen LogP contribution < -0.4 is 10.5 Å². The van der Waals surface area contributed by atoms with Crippen LogP contribution in [0.1, 0.15) is 31.8 Å². The molecule has 2 N–H and O–H groups in total. The molecule has 0 aromatic carbocycles. The number of nitrogens with one attached hydrogen (secondary N) is 2. The highest BCUT2D eigenvalue weighted by atomic mass is 16.1. The average Bonchev–Trinajstić information content (AvgIpc) is 2.13. The summed E-state index contributed by atoms with van der Waals surface area (Å²) in [6.45, 7) is 9.69. The minimum atomic E-state index is -0.0370. The van der Waals surface area contributed by atoms with Crippen molar-refractivity contribution in [1.29, 1.82) is 0 Å². The summed E-state index contributed by atoms with van der Waals surface area (Å²) in [6.07, 6.45) is 1.32. The van der Waals surface area contributed by atoms with E-state index in [0.29, 0.717) is 0 Å². The number of piperidine rings is 1. The van der Waals surface area contributed by atoms with Gasteiger partial charge in [-0.05, 0) is 13.3 Å². The van der Waals surface area contributed by atoms with E-state index in [9.17, 15) is 4.79 Å². The van der Waals surface area contributed by atoms with Gasteiger partial charge in [0.25, 0.3) is 5.56 Å². The Kier molecular flexibility index (Phi) is 3.62. The topological polar surface area (TPSA) is 50.2 Å². The molecule has 94 valence electrons. The van der Waals surface area contributed by atoms with Crippen molar-refractivity contribution < 1.29 is 4.90 Å². The average molecular weight is 236 g/mol. The third kappa shape index (κ3) is 3.40. The van der Waals surface area contributed by atoms with E-state index in [4.69, 9.17) is 0 Å². The maximum Gasteiger partial charge on any atom is 0.251 e. The van der Waals surface area contributed by atoms with Crippen LogP contribution in [0.4, 0.5) is 0 Å². The highest BCUT2D eigenvalue weighted by molar-refractivity contribution is 4.99. The van der Waals surface area contributed by atoms with Crippen LogP contribution in [0, 0.1) is 18.8 Å². The fraction of sp³-hybridized carbons (Fsp3) is 0.692. The van der Waals surface area contributed by atoms with Crippen LogP contribution in [0.25, 0.3) is 0 Å². The van der Waals surface area contributed by atoms with Gasteiger partial charge in [-0.25, -0.2) is 4.98 Å². The second-order valence-corrected chi connectivity index (χ2v) is 5.61. The van der Waals surface area contributed by atoms with Gasteiger partial charge in [-0.2, -0.15) is 0 Å². The molecular formula is C13H22N3O+. The van der Waals surface area contributed by atoms with Crippen molar-refractivity contribution in [3.8, 4) is 0 Å². The summed E-state index contributed by atoms with van der Waals surface area (Å²) < 4.78 is 0. The SMILES string of the molecule is Cc1cc(=O)[nH]c(C[NH+]2C[C@H](C)C[C@H](C)C2)n1. The van der Waals surface area contributed by atoms with Crippen molar-refractivity contribution in [2.75, 3.05) is 13.1 Å². The predicted molar refractivity (Wildman–Crippen MR) is 66.9 cm³/mol. The minimum absolute atomic E-state index is 0.0370. The summed E-state index contributed by atoms with van der Waals surface area (Å²) in [4.78, 5) is 20.1. The number of nitrogens with zero attached hydrogens (tertiary/aromatic N) is 1. The third-order valence-electron chi connectivity index (χ3n) is 3.42. The molecule has 17 heavy (non-hydrogen) atoms. The summed E-state index contributed by atoms with van der Waals surface area (Å²) in [5.74, 6) is 2.36. The lowest BCUT2D eigenvalue weighted by molar-refractivity contribution is -0.926. The normalized spacial score (nSPS) is 29.2. The van der Waals surface area contributed by atoms with Crippen molar-refractivity contribution in [3.05, 3.63) is 27.9 Å². The van der Waals surface area contributed by atoms with E-state index >= 15 is 0 Å². The van der Waals surface area contributed by atoms with Gasteiger partial charge in [-0.1, -0.05) is 13.8 Å². The molecule has 1 aliphatic heterocycles. The Balaban J connectivity index is 2.07. The van der Waals surface area contributed by atoms with Crippen LogP contribution in [-0.2, 0) is 6.54 Å². The molecule has 4 nitrogen and oxygen atoms in total. The molecule has 1 saturated heterocycles. The molecule has 1 aliphatic rings. The van der Waals surface area contributed by atoms with Gasteiger partial charge in [0.1, 0.15) is 6.54 Å². The van der Waals surface area contributed by atoms with Crippen LogP contribution in [-0.4, -0.2) is 23.1 Å². The fourth-order valence-electron chi connectivity index (χ4n) is 3.03. The van der Waals surface area contributed by atoms with Crippen molar-refractivity contribution in [1.82, 2.24) is 9.97 Å². The third-order valence-corrected chi connectivity index (χ3v) is 3.42.